The molecule has 5 rings (SSSR count). The van der Waals surface area contributed by atoms with Gasteiger partial charge in [0.2, 0.25) is 11.9 Å². The van der Waals surface area contributed by atoms with Crippen LogP contribution in [0, 0.1) is 13.8 Å². The van der Waals surface area contributed by atoms with E-state index in [1.54, 1.807) is 4.90 Å². The van der Waals surface area contributed by atoms with Crippen molar-refractivity contribution in [2.75, 3.05) is 16.8 Å². The molecule has 0 saturated carbocycles. The first-order chi connectivity index (χ1) is 16.0. The molecular weight excluding hydrogens is 412 g/mol. The molecule has 0 aliphatic carbocycles. The Morgan fingerprint density at radius 1 is 1.00 bits per heavy atom. The van der Waals surface area contributed by atoms with Gasteiger partial charge in [-0.1, -0.05) is 54.6 Å². The van der Waals surface area contributed by atoms with Gasteiger partial charge >= 0.3 is 0 Å². The monoisotopic (exact) mass is 438 g/mol. The van der Waals surface area contributed by atoms with Crippen LogP contribution in [-0.2, 0) is 16.0 Å². The maximum atomic E-state index is 13.5. The zero-order valence-electron chi connectivity index (χ0n) is 18.8. The highest BCUT2D eigenvalue weighted by Crippen LogP contribution is 2.36. The molecule has 6 heteroatoms. The van der Waals surface area contributed by atoms with Gasteiger partial charge in [0, 0.05) is 12.2 Å². The van der Waals surface area contributed by atoms with Crippen LogP contribution < -0.4 is 10.2 Å². The molecule has 4 aromatic rings. The minimum Gasteiger partial charge on any atom is -0.326 e. The third-order valence-electron chi connectivity index (χ3n) is 6.19. The van der Waals surface area contributed by atoms with E-state index in [0.717, 1.165) is 39.8 Å². The highest BCUT2D eigenvalue weighted by Gasteiger charge is 2.40. The van der Waals surface area contributed by atoms with Crippen molar-refractivity contribution in [3.8, 4) is 0 Å². The Labute approximate surface area is 192 Å². The van der Waals surface area contributed by atoms with E-state index < -0.39 is 6.04 Å². The lowest BCUT2D eigenvalue weighted by molar-refractivity contribution is -0.124. The van der Waals surface area contributed by atoms with Gasteiger partial charge in [-0.2, -0.15) is 0 Å². The van der Waals surface area contributed by atoms with Crippen LogP contribution in [0.4, 0.5) is 11.6 Å². The summed E-state index contributed by atoms with van der Waals surface area (Å²) in [5.41, 5.74) is 5.69. The average molecular weight is 439 g/mol. The summed E-state index contributed by atoms with van der Waals surface area (Å²) in [6.07, 6.45) is 0.776. The molecule has 1 aliphatic rings. The smallest absolute Gasteiger partial charge is 0.253 e. The minimum absolute atomic E-state index is 0.0570. The number of hydrogen-bond donors (Lipinski definition) is 1. The Morgan fingerprint density at radius 3 is 2.58 bits per heavy atom. The lowest BCUT2D eigenvalue weighted by Gasteiger charge is -2.16. The zero-order chi connectivity index (χ0) is 22.9. The number of fused-ring (bicyclic) bond motifs is 3. The standard InChI is InChI=1S/C27H26N4O2/c1-18-12-13-19(2)22(16-18)28-25(32)17-24-26(33)30(15-14-20-8-4-3-5-9-20)27-29-21-10-6-7-11-23(21)31(24)27/h3-13,16,24H,14-15,17H2,1-2H3,(H,28,32)/t24-/m0/s1. The van der Waals surface area contributed by atoms with E-state index in [1.807, 2.05) is 79.1 Å². The van der Waals surface area contributed by atoms with Gasteiger partial charge in [-0.25, -0.2) is 4.98 Å². The summed E-state index contributed by atoms with van der Waals surface area (Å²) in [7, 11) is 0. The van der Waals surface area contributed by atoms with Crippen LogP contribution in [-0.4, -0.2) is 27.9 Å². The third kappa shape index (κ3) is 4.00. The fraction of sp³-hybridized carbons (Fsp3) is 0.222. The van der Waals surface area contributed by atoms with Crippen molar-refractivity contribution in [1.29, 1.82) is 0 Å². The van der Waals surface area contributed by atoms with Crippen LogP contribution >= 0.6 is 0 Å². The van der Waals surface area contributed by atoms with Crippen molar-refractivity contribution >= 4 is 34.5 Å². The van der Waals surface area contributed by atoms with Crippen molar-refractivity contribution in [2.24, 2.45) is 0 Å². The molecule has 0 unspecified atom stereocenters. The Morgan fingerprint density at radius 2 is 1.76 bits per heavy atom. The first-order valence-corrected chi connectivity index (χ1v) is 11.2. The summed E-state index contributed by atoms with van der Waals surface area (Å²) in [5.74, 6) is 0.340. The molecular formula is C27H26N4O2. The van der Waals surface area contributed by atoms with Crippen LogP contribution in [0.2, 0.25) is 0 Å². The number of aromatic nitrogens is 2. The fourth-order valence-electron chi connectivity index (χ4n) is 4.44. The van der Waals surface area contributed by atoms with Crippen LogP contribution in [0.3, 0.4) is 0 Å². The van der Waals surface area contributed by atoms with E-state index in [1.165, 1.54) is 0 Å². The number of anilines is 2. The molecule has 3 aromatic carbocycles. The first-order valence-electron chi connectivity index (χ1n) is 11.2. The molecule has 6 nitrogen and oxygen atoms in total. The lowest BCUT2D eigenvalue weighted by atomic mass is 10.1. The van der Waals surface area contributed by atoms with E-state index >= 15 is 0 Å². The van der Waals surface area contributed by atoms with Gasteiger partial charge in [0.25, 0.3) is 5.91 Å². The summed E-state index contributed by atoms with van der Waals surface area (Å²) in [5, 5.41) is 3.00. The second kappa shape index (κ2) is 8.54. The van der Waals surface area contributed by atoms with Gasteiger partial charge < -0.3 is 5.32 Å². The molecule has 0 radical (unpaired) electrons. The molecule has 0 bridgehead atoms. The van der Waals surface area contributed by atoms with Crippen molar-refractivity contribution in [3.63, 3.8) is 0 Å². The zero-order valence-corrected chi connectivity index (χ0v) is 18.8. The topological polar surface area (TPSA) is 67.2 Å². The summed E-state index contributed by atoms with van der Waals surface area (Å²) in [4.78, 5) is 33.0. The number of aryl methyl sites for hydroxylation is 2. The SMILES string of the molecule is Cc1ccc(C)c(NC(=O)C[C@H]2C(=O)N(CCc3ccccc3)c3nc4ccccc4n32)c1. The predicted octanol–water partition coefficient (Wildman–Crippen LogP) is 4.81. The number of nitrogens with one attached hydrogen (secondary N) is 1. The van der Waals surface area contributed by atoms with Crippen LogP contribution in [0.15, 0.2) is 72.8 Å². The van der Waals surface area contributed by atoms with Crippen LogP contribution in [0.25, 0.3) is 11.0 Å². The second-order valence-corrected chi connectivity index (χ2v) is 8.58. The number of hydrogen-bond acceptors (Lipinski definition) is 3. The second-order valence-electron chi connectivity index (χ2n) is 8.58. The maximum absolute atomic E-state index is 13.5. The summed E-state index contributed by atoms with van der Waals surface area (Å²) >= 11 is 0. The molecule has 166 valence electrons. The van der Waals surface area contributed by atoms with E-state index in [9.17, 15) is 9.59 Å². The first kappa shape index (κ1) is 20.9. The van der Waals surface area contributed by atoms with Gasteiger partial charge in [-0.05, 0) is 55.2 Å². The quantitative estimate of drug-likeness (QED) is 0.470. The number of imidazole rings is 1. The van der Waals surface area contributed by atoms with E-state index in [4.69, 9.17) is 4.98 Å². The largest absolute Gasteiger partial charge is 0.326 e. The molecule has 1 atom stereocenters. The summed E-state index contributed by atoms with van der Waals surface area (Å²) in [6, 6.07) is 23.2. The fourth-order valence-corrected chi connectivity index (χ4v) is 4.44. The summed E-state index contributed by atoms with van der Waals surface area (Å²) in [6.45, 7) is 4.47. The Kier molecular flexibility index (Phi) is 5.42. The maximum Gasteiger partial charge on any atom is 0.253 e. The van der Waals surface area contributed by atoms with E-state index in [2.05, 4.69) is 17.4 Å². The number of benzene rings is 3. The number of para-hydroxylation sites is 2. The number of nitrogens with zero attached hydrogens (tertiary/aromatic N) is 3. The number of rotatable bonds is 6. The van der Waals surface area contributed by atoms with Crippen molar-refractivity contribution < 1.29 is 9.59 Å². The van der Waals surface area contributed by atoms with Crippen LogP contribution in [0.1, 0.15) is 29.2 Å². The van der Waals surface area contributed by atoms with Gasteiger partial charge in [0.15, 0.2) is 0 Å². The van der Waals surface area contributed by atoms with Crippen molar-refractivity contribution in [3.05, 3.63) is 89.5 Å². The molecule has 0 saturated heterocycles. The summed E-state index contributed by atoms with van der Waals surface area (Å²) < 4.78 is 1.92. The molecule has 2 amide bonds. The van der Waals surface area contributed by atoms with Gasteiger partial charge in [-0.3, -0.25) is 19.1 Å². The molecule has 1 N–H and O–H groups in total. The van der Waals surface area contributed by atoms with E-state index in [-0.39, 0.29) is 18.2 Å². The number of amides is 2. The number of carbonyl (C=O) groups is 2. The molecule has 1 aliphatic heterocycles. The Balaban J connectivity index is 1.43. The average Bonchev–Trinajstić information content (AvgIpc) is 3.30. The van der Waals surface area contributed by atoms with Crippen LogP contribution in [0.5, 0.6) is 0 Å². The lowest BCUT2D eigenvalue weighted by Crippen LogP contribution is -2.33. The molecule has 1 aromatic heterocycles. The third-order valence-corrected chi connectivity index (χ3v) is 6.19. The number of carbonyl (C=O) groups excluding carboxylic acids is 2. The van der Waals surface area contributed by atoms with Gasteiger partial charge in [-0.15, -0.1) is 0 Å². The van der Waals surface area contributed by atoms with Crippen molar-refractivity contribution in [2.45, 2.75) is 32.7 Å². The minimum atomic E-state index is -0.617. The highest BCUT2D eigenvalue weighted by molar-refractivity contribution is 6.05. The predicted molar refractivity (Wildman–Crippen MR) is 130 cm³/mol. The Hall–Kier alpha value is -3.93. The normalized spacial score (nSPS) is 15.2. The van der Waals surface area contributed by atoms with Gasteiger partial charge in [0.1, 0.15) is 6.04 Å². The van der Waals surface area contributed by atoms with Crippen molar-refractivity contribution in [1.82, 2.24) is 9.55 Å². The molecule has 2 heterocycles. The molecule has 0 spiro atoms. The molecule has 0 fully saturated rings. The molecule has 33 heavy (non-hydrogen) atoms. The Bertz CT molecular complexity index is 1340. The highest BCUT2D eigenvalue weighted by atomic mass is 16.2. The van der Waals surface area contributed by atoms with E-state index in [0.29, 0.717) is 12.5 Å². The van der Waals surface area contributed by atoms with Gasteiger partial charge in [0.05, 0.1) is 17.5 Å².